The lowest BCUT2D eigenvalue weighted by atomic mass is 10.2. The summed E-state index contributed by atoms with van der Waals surface area (Å²) >= 11 is 0. The summed E-state index contributed by atoms with van der Waals surface area (Å²) in [5.41, 5.74) is 4.13. The van der Waals surface area contributed by atoms with Crippen molar-refractivity contribution in [1.82, 2.24) is 0 Å². The number of hydrogen-bond acceptors (Lipinski definition) is 4. The highest BCUT2D eigenvalue weighted by atomic mass is 19.4. The lowest BCUT2D eigenvalue weighted by molar-refractivity contribution is -0.137. The summed E-state index contributed by atoms with van der Waals surface area (Å²) in [6.45, 7) is 1.66. The van der Waals surface area contributed by atoms with Crippen LogP contribution in [0.15, 0.2) is 18.2 Å². The second-order valence-corrected chi connectivity index (χ2v) is 3.04. The number of carbonyl (C=O) groups excluding carboxylic acids is 1. The SMILES string of the molecule is CCOC(=O)Oc1ccc(C(F)(F)F)cc1N. The normalized spacial score (nSPS) is 11.1. The van der Waals surface area contributed by atoms with E-state index < -0.39 is 17.9 Å². The van der Waals surface area contributed by atoms with E-state index in [-0.39, 0.29) is 18.0 Å². The smallest absolute Gasteiger partial charge is 0.434 e. The van der Waals surface area contributed by atoms with Crippen LogP contribution in [0.3, 0.4) is 0 Å². The monoisotopic (exact) mass is 249 g/mol. The average Bonchev–Trinajstić information content (AvgIpc) is 2.20. The van der Waals surface area contributed by atoms with E-state index in [1.807, 2.05) is 0 Å². The van der Waals surface area contributed by atoms with Gasteiger partial charge in [-0.2, -0.15) is 13.2 Å². The average molecular weight is 249 g/mol. The van der Waals surface area contributed by atoms with Gasteiger partial charge in [-0.25, -0.2) is 4.79 Å². The lowest BCUT2D eigenvalue weighted by Gasteiger charge is -2.10. The van der Waals surface area contributed by atoms with Crippen LogP contribution in [0.1, 0.15) is 12.5 Å². The summed E-state index contributed by atoms with van der Waals surface area (Å²) < 4.78 is 45.9. The quantitative estimate of drug-likeness (QED) is 0.497. The molecule has 0 aromatic heterocycles. The number of carbonyl (C=O) groups is 1. The fourth-order valence-electron chi connectivity index (χ4n) is 1.05. The molecule has 0 saturated carbocycles. The number of rotatable bonds is 2. The van der Waals surface area contributed by atoms with Gasteiger partial charge in [0.2, 0.25) is 0 Å². The largest absolute Gasteiger partial charge is 0.513 e. The predicted octanol–water partition coefficient (Wildman–Crippen LogP) is 2.82. The molecule has 0 fully saturated rings. The molecule has 2 N–H and O–H groups in total. The van der Waals surface area contributed by atoms with E-state index in [4.69, 9.17) is 5.73 Å². The Bertz CT molecular complexity index is 418. The van der Waals surface area contributed by atoms with Crippen molar-refractivity contribution in [3.05, 3.63) is 23.8 Å². The molecule has 0 amide bonds. The molecule has 0 bridgehead atoms. The van der Waals surface area contributed by atoms with Gasteiger partial charge in [-0.05, 0) is 25.1 Å². The second-order valence-electron chi connectivity index (χ2n) is 3.04. The molecule has 1 rings (SSSR count). The third-order valence-corrected chi connectivity index (χ3v) is 1.79. The van der Waals surface area contributed by atoms with Crippen molar-refractivity contribution in [2.75, 3.05) is 12.3 Å². The summed E-state index contributed by atoms with van der Waals surface area (Å²) in [5.74, 6) is -0.170. The van der Waals surface area contributed by atoms with Gasteiger partial charge in [0.25, 0.3) is 0 Å². The molecule has 0 atom stereocenters. The van der Waals surface area contributed by atoms with Gasteiger partial charge in [0.05, 0.1) is 17.9 Å². The molecule has 94 valence electrons. The number of hydrogen-bond donors (Lipinski definition) is 1. The number of halogens is 3. The Labute approximate surface area is 95.1 Å². The van der Waals surface area contributed by atoms with Gasteiger partial charge in [0.15, 0.2) is 5.75 Å². The van der Waals surface area contributed by atoms with E-state index in [2.05, 4.69) is 9.47 Å². The molecule has 0 saturated heterocycles. The molecule has 0 unspecified atom stereocenters. The van der Waals surface area contributed by atoms with Crippen molar-refractivity contribution in [2.24, 2.45) is 0 Å². The van der Waals surface area contributed by atoms with Gasteiger partial charge in [0, 0.05) is 0 Å². The third-order valence-electron chi connectivity index (χ3n) is 1.79. The summed E-state index contributed by atoms with van der Waals surface area (Å²) in [7, 11) is 0. The Morgan fingerprint density at radius 3 is 2.53 bits per heavy atom. The zero-order chi connectivity index (χ0) is 13.1. The minimum absolute atomic E-state index is 0.0966. The van der Waals surface area contributed by atoms with Crippen LogP contribution in [0.25, 0.3) is 0 Å². The van der Waals surface area contributed by atoms with Crippen LogP contribution in [0.5, 0.6) is 5.75 Å². The van der Waals surface area contributed by atoms with Gasteiger partial charge in [-0.15, -0.1) is 0 Å². The van der Waals surface area contributed by atoms with E-state index in [0.717, 1.165) is 12.1 Å². The predicted molar refractivity (Wildman–Crippen MR) is 53.5 cm³/mol. The maximum absolute atomic E-state index is 12.3. The number of ether oxygens (including phenoxy) is 2. The van der Waals surface area contributed by atoms with E-state index in [1.165, 1.54) is 0 Å². The van der Waals surface area contributed by atoms with Crippen molar-refractivity contribution in [2.45, 2.75) is 13.1 Å². The highest BCUT2D eigenvalue weighted by Gasteiger charge is 2.31. The Balaban J connectivity index is 2.87. The Hall–Kier alpha value is -1.92. The zero-order valence-corrected chi connectivity index (χ0v) is 8.88. The molecule has 0 aliphatic carbocycles. The van der Waals surface area contributed by atoms with Crippen LogP contribution in [-0.4, -0.2) is 12.8 Å². The minimum Gasteiger partial charge on any atom is -0.434 e. The number of alkyl halides is 3. The number of benzene rings is 1. The summed E-state index contributed by atoms with van der Waals surface area (Å²) in [6, 6.07) is 2.43. The van der Waals surface area contributed by atoms with Crippen LogP contribution in [0.2, 0.25) is 0 Å². The van der Waals surface area contributed by atoms with E-state index in [0.29, 0.717) is 6.07 Å². The van der Waals surface area contributed by atoms with E-state index >= 15 is 0 Å². The highest BCUT2D eigenvalue weighted by molar-refractivity contribution is 5.68. The Kier molecular flexibility index (Phi) is 3.82. The molecule has 1 aromatic carbocycles. The summed E-state index contributed by atoms with van der Waals surface area (Å²) in [5, 5.41) is 0. The molecule has 1 aromatic rings. The van der Waals surface area contributed by atoms with Gasteiger partial charge >= 0.3 is 12.3 Å². The maximum atomic E-state index is 12.3. The fraction of sp³-hybridized carbons (Fsp3) is 0.300. The standard InChI is InChI=1S/C10H10F3NO3/c1-2-16-9(15)17-8-4-3-6(5-7(8)14)10(11,12)13/h3-5H,2,14H2,1H3. The number of anilines is 1. The molecule has 0 aliphatic rings. The molecule has 0 heterocycles. The first kappa shape index (κ1) is 13.1. The van der Waals surface area contributed by atoms with Crippen molar-refractivity contribution < 1.29 is 27.4 Å². The van der Waals surface area contributed by atoms with Crippen molar-refractivity contribution in [3.8, 4) is 5.75 Å². The Morgan fingerprint density at radius 1 is 1.41 bits per heavy atom. The van der Waals surface area contributed by atoms with Gasteiger partial charge < -0.3 is 15.2 Å². The molecule has 4 nitrogen and oxygen atoms in total. The van der Waals surface area contributed by atoms with Crippen LogP contribution in [0.4, 0.5) is 23.7 Å². The molecular weight excluding hydrogens is 239 g/mol. The van der Waals surface area contributed by atoms with Gasteiger partial charge in [-0.3, -0.25) is 0 Å². The summed E-state index contributed by atoms with van der Waals surface area (Å²) in [6.07, 6.45) is -5.50. The van der Waals surface area contributed by atoms with E-state index in [1.54, 1.807) is 6.92 Å². The van der Waals surface area contributed by atoms with Crippen LogP contribution >= 0.6 is 0 Å². The molecule has 0 aliphatic heterocycles. The molecule has 0 spiro atoms. The van der Waals surface area contributed by atoms with Crippen LogP contribution in [0, 0.1) is 0 Å². The minimum atomic E-state index is -4.49. The zero-order valence-electron chi connectivity index (χ0n) is 8.88. The second kappa shape index (κ2) is 4.94. The fourth-order valence-corrected chi connectivity index (χ4v) is 1.05. The number of nitrogen functional groups attached to an aromatic ring is 1. The van der Waals surface area contributed by atoms with Crippen molar-refractivity contribution >= 4 is 11.8 Å². The highest BCUT2D eigenvalue weighted by Crippen LogP contribution is 2.33. The van der Waals surface area contributed by atoms with Crippen LogP contribution < -0.4 is 10.5 Å². The van der Waals surface area contributed by atoms with Gasteiger partial charge in [-0.1, -0.05) is 0 Å². The van der Waals surface area contributed by atoms with Crippen molar-refractivity contribution in [1.29, 1.82) is 0 Å². The molecular formula is C10H10F3NO3. The number of nitrogens with two attached hydrogens (primary N) is 1. The first-order valence-electron chi connectivity index (χ1n) is 4.66. The van der Waals surface area contributed by atoms with E-state index in [9.17, 15) is 18.0 Å². The first-order chi connectivity index (χ1) is 7.84. The maximum Gasteiger partial charge on any atom is 0.513 e. The topological polar surface area (TPSA) is 61.5 Å². The molecule has 17 heavy (non-hydrogen) atoms. The molecule has 7 heteroatoms. The van der Waals surface area contributed by atoms with Crippen LogP contribution in [-0.2, 0) is 10.9 Å². The Morgan fingerprint density at radius 2 is 2.06 bits per heavy atom. The third kappa shape index (κ3) is 3.54. The van der Waals surface area contributed by atoms with Crippen molar-refractivity contribution in [3.63, 3.8) is 0 Å². The first-order valence-corrected chi connectivity index (χ1v) is 4.66. The lowest BCUT2D eigenvalue weighted by Crippen LogP contribution is -2.12. The molecule has 0 radical (unpaired) electrons. The summed E-state index contributed by atoms with van der Waals surface area (Å²) in [4.78, 5) is 10.9. The van der Waals surface area contributed by atoms with Gasteiger partial charge in [0.1, 0.15) is 0 Å².